The normalized spacial score (nSPS) is 11.3. The lowest BCUT2D eigenvalue weighted by Crippen LogP contribution is -2.50. The molecular formula is C14H19ClN2O3. The summed E-state index contributed by atoms with van der Waals surface area (Å²) in [6.07, 6.45) is 0. The van der Waals surface area contributed by atoms with E-state index < -0.39 is 17.4 Å². The molecule has 110 valence electrons. The van der Waals surface area contributed by atoms with Crippen molar-refractivity contribution in [1.82, 2.24) is 10.3 Å². The third-order valence-electron chi connectivity index (χ3n) is 2.79. The van der Waals surface area contributed by atoms with Gasteiger partial charge in [-0.1, -0.05) is 25.4 Å². The van der Waals surface area contributed by atoms with Gasteiger partial charge in [-0.15, -0.1) is 0 Å². The van der Waals surface area contributed by atoms with E-state index in [9.17, 15) is 9.59 Å². The molecular weight excluding hydrogens is 280 g/mol. The summed E-state index contributed by atoms with van der Waals surface area (Å²) in [5.41, 5.74) is -0.0243. The second kappa shape index (κ2) is 6.22. The summed E-state index contributed by atoms with van der Waals surface area (Å²) in [5, 5.41) is 2.86. The van der Waals surface area contributed by atoms with Crippen LogP contribution >= 0.6 is 11.6 Å². The summed E-state index contributed by atoms with van der Waals surface area (Å²) < 4.78 is 4.65. The minimum Gasteiger partial charge on any atom is -0.467 e. The van der Waals surface area contributed by atoms with Crippen LogP contribution in [0.3, 0.4) is 0 Å². The highest BCUT2D eigenvalue weighted by molar-refractivity contribution is 6.29. The van der Waals surface area contributed by atoms with Gasteiger partial charge in [0.25, 0.3) is 5.91 Å². The Hall–Kier alpha value is -1.62. The highest BCUT2D eigenvalue weighted by Gasteiger charge is 2.31. The Morgan fingerprint density at radius 2 is 1.95 bits per heavy atom. The van der Waals surface area contributed by atoms with Gasteiger partial charge in [-0.05, 0) is 31.9 Å². The van der Waals surface area contributed by atoms with E-state index in [1.807, 2.05) is 13.8 Å². The average molecular weight is 299 g/mol. The molecule has 20 heavy (non-hydrogen) atoms. The highest BCUT2D eigenvalue weighted by Crippen LogP contribution is 2.18. The maximum Gasteiger partial charge on any atom is 0.330 e. The molecule has 0 aliphatic carbocycles. The summed E-state index contributed by atoms with van der Waals surface area (Å²) >= 11 is 5.92. The largest absolute Gasteiger partial charge is 0.467 e. The van der Waals surface area contributed by atoms with Crippen LogP contribution in [0.5, 0.6) is 0 Å². The van der Waals surface area contributed by atoms with E-state index in [1.165, 1.54) is 13.2 Å². The lowest BCUT2D eigenvalue weighted by atomic mass is 10.0. The lowest BCUT2D eigenvalue weighted by molar-refractivity contribution is -0.146. The van der Waals surface area contributed by atoms with E-state index in [1.54, 1.807) is 19.9 Å². The van der Waals surface area contributed by atoms with E-state index in [0.29, 0.717) is 5.56 Å². The molecule has 0 spiro atoms. The zero-order valence-electron chi connectivity index (χ0n) is 12.3. The number of carbonyl (C=O) groups is 2. The number of nitrogens with zero attached hydrogens (tertiary/aromatic N) is 1. The van der Waals surface area contributed by atoms with Crippen molar-refractivity contribution in [2.75, 3.05) is 7.11 Å². The monoisotopic (exact) mass is 298 g/mol. The number of ether oxygens (including phenoxy) is 1. The highest BCUT2D eigenvalue weighted by atomic mass is 35.5. The van der Waals surface area contributed by atoms with Gasteiger partial charge in [-0.25, -0.2) is 9.78 Å². The van der Waals surface area contributed by atoms with Crippen LogP contribution in [-0.4, -0.2) is 29.5 Å². The number of esters is 1. The van der Waals surface area contributed by atoms with E-state index in [-0.39, 0.29) is 11.1 Å². The minimum atomic E-state index is -1.11. The van der Waals surface area contributed by atoms with Gasteiger partial charge in [0, 0.05) is 11.3 Å². The van der Waals surface area contributed by atoms with Crippen molar-refractivity contribution in [3.05, 3.63) is 28.5 Å². The standard InChI is InChI=1S/C14H19ClN2O3/c1-8(2)10-6-9(7-11(15)16-10)12(18)17-14(3,4)13(19)20-5/h6-8H,1-5H3,(H,17,18). The Balaban J connectivity index is 3.01. The molecule has 6 heteroatoms. The van der Waals surface area contributed by atoms with Gasteiger partial charge in [0.15, 0.2) is 0 Å². The predicted octanol–water partition coefficient (Wildman–Crippen LogP) is 2.54. The third-order valence-corrected chi connectivity index (χ3v) is 2.98. The zero-order chi connectivity index (χ0) is 15.5. The molecule has 0 aliphatic rings. The first-order valence-electron chi connectivity index (χ1n) is 6.25. The van der Waals surface area contributed by atoms with Crippen molar-refractivity contribution >= 4 is 23.5 Å². The van der Waals surface area contributed by atoms with Gasteiger partial charge in [0.05, 0.1) is 7.11 Å². The molecule has 0 atom stereocenters. The number of carbonyl (C=O) groups excluding carboxylic acids is 2. The fourth-order valence-corrected chi connectivity index (χ4v) is 1.82. The molecule has 1 amide bonds. The number of rotatable bonds is 4. The molecule has 0 aromatic carbocycles. The number of methoxy groups -OCH3 is 1. The summed E-state index contributed by atoms with van der Waals surface area (Å²) in [6.45, 7) is 7.06. The van der Waals surface area contributed by atoms with Gasteiger partial charge in [-0.3, -0.25) is 4.79 Å². The van der Waals surface area contributed by atoms with Crippen molar-refractivity contribution in [2.24, 2.45) is 0 Å². The van der Waals surface area contributed by atoms with Gasteiger partial charge >= 0.3 is 5.97 Å². The molecule has 1 heterocycles. The second-order valence-corrected chi connectivity index (χ2v) is 5.72. The topological polar surface area (TPSA) is 68.3 Å². The molecule has 1 aromatic heterocycles. The molecule has 0 bridgehead atoms. The first-order valence-corrected chi connectivity index (χ1v) is 6.63. The first-order chi connectivity index (χ1) is 9.17. The number of hydrogen-bond donors (Lipinski definition) is 1. The first kappa shape index (κ1) is 16.4. The van der Waals surface area contributed by atoms with Crippen LogP contribution in [0.1, 0.15) is 49.7 Å². The van der Waals surface area contributed by atoms with Crippen molar-refractivity contribution < 1.29 is 14.3 Å². The van der Waals surface area contributed by atoms with Crippen molar-refractivity contribution in [1.29, 1.82) is 0 Å². The fraction of sp³-hybridized carbons (Fsp3) is 0.500. The number of halogens is 1. The Bertz CT molecular complexity index is 527. The summed E-state index contributed by atoms with van der Waals surface area (Å²) in [4.78, 5) is 27.9. The lowest BCUT2D eigenvalue weighted by Gasteiger charge is -2.23. The van der Waals surface area contributed by atoms with Crippen LogP contribution in [0.15, 0.2) is 12.1 Å². The molecule has 0 saturated carbocycles. The van der Waals surface area contributed by atoms with E-state index >= 15 is 0 Å². The number of aromatic nitrogens is 1. The summed E-state index contributed by atoms with van der Waals surface area (Å²) in [5.74, 6) is -0.768. The second-order valence-electron chi connectivity index (χ2n) is 5.33. The number of amides is 1. The SMILES string of the molecule is COC(=O)C(C)(C)NC(=O)c1cc(Cl)nc(C(C)C)c1. The molecule has 1 N–H and O–H groups in total. The van der Waals surface area contributed by atoms with Crippen LogP contribution in [-0.2, 0) is 9.53 Å². The molecule has 0 aliphatic heterocycles. The Morgan fingerprint density at radius 3 is 2.45 bits per heavy atom. The molecule has 0 fully saturated rings. The maximum absolute atomic E-state index is 12.2. The maximum atomic E-state index is 12.2. The third kappa shape index (κ3) is 3.93. The van der Waals surface area contributed by atoms with Crippen LogP contribution in [0, 0.1) is 0 Å². The Morgan fingerprint density at radius 1 is 1.35 bits per heavy atom. The minimum absolute atomic E-state index is 0.147. The number of hydrogen-bond acceptors (Lipinski definition) is 4. The number of pyridine rings is 1. The van der Waals surface area contributed by atoms with Crippen molar-refractivity contribution in [3.63, 3.8) is 0 Å². The molecule has 0 radical (unpaired) electrons. The number of nitrogens with one attached hydrogen (secondary N) is 1. The summed E-state index contributed by atoms with van der Waals surface area (Å²) in [6, 6.07) is 3.13. The summed E-state index contributed by atoms with van der Waals surface area (Å²) in [7, 11) is 1.27. The average Bonchev–Trinajstić information content (AvgIpc) is 2.36. The van der Waals surface area contributed by atoms with Gasteiger partial charge < -0.3 is 10.1 Å². The predicted molar refractivity (Wildman–Crippen MR) is 76.9 cm³/mol. The van der Waals surface area contributed by atoms with E-state index in [4.69, 9.17) is 11.6 Å². The van der Waals surface area contributed by atoms with Crippen LogP contribution in [0.4, 0.5) is 0 Å². The van der Waals surface area contributed by atoms with Crippen molar-refractivity contribution in [3.8, 4) is 0 Å². The van der Waals surface area contributed by atoms with Crippen LogP contribution in [0.25, 0.3) is 0 Å². The van der Waals surface area contributed by atoms with Crippen LogP contribution in [0.2, 0.25) is 5.15 Å². The van der Waals surface area contributed by atoms with Crippen LogP contribution < -0.4 is 5.32 Å². The van der Waals surface area contributed by atoms with Gasteiger partial charge in [0.2, 0.25) is 0 Å². The van der Waals surface area contributed by atoms with E-state index in [0.717, 1.165) is 5.69 Å². The zero-order valence-corrected chi connectivity index (χ0v) is 13.0. The van der Waals surface area contributed by atoms with E-state index in [2.05, 4.69) is 15.0 Å². The van der Waals surface area contributed by atoms with Gasteiger partial charge in [0.1, 0.15) is 10.7 Å². The molecule has 0 saturated heterocycles. The molecule has 5 nitrogen and oxygen atoms in total. The molecule has 1 aromatic rings. The Labute approximate surface area is 123 Å². The quantitative estimate of drug-likeness (QED) is 0.685. The smallest absolute Gasteiger partial charge is 0.330 e. The fourth-order valence-electron chi connectivity index (χ4n) is 1.61. The van der Waals surface area contributed by atoms with Gasteiger partial charge in [-0.2, -0.15) is 0 Å². The molecule has 1 rings (SSSR count). The Kier molecular flexibility index (Phi) is 5.11. The van der Waals surface area contributed by atoms with Crippen molar-refractivity contribution in [2.45, 2.75) is 39.2 Å². The molecule has 0 unspecified atom stereocenters.